The maximum Gasteiger partial charge on any atom is 0.191 e. The Kier molecular flexibility index (Phi) is 7.98. The number of piperidine rings is 1. The van der Waals surface area contributed by atoms with Gasteiger partial charge in [-0.2, -0.15) is 0 Å². The minimum atomic E-state index is -0.610. The van der Waals surface area contributed by atoms with E-state index in [9.17, 15) is 9.50 Å². The second kappa shape index (κ2) is 10.2. The average molecular weight is 350 g/mol. The summed E-state index contributed by atoms with van der Waals surface area (Å²) in [5.74, 6) is -0.202. The van der Waals surface area contributed by atoms with Crippen molar-refractivity contribution in [3.8, 4) is 5.75 Å². The van der Waals surface area contributed by atoms with Crippen LogP contribution in [-0.2, 0) is 6.54 Å². The Labute approximate surface area is 150 Å². The number of aromatic hydroxyl groups is 1. The number of hydrogen-bond donors (Lipinski definition) is 3. The van der Waals surface area contributed by atoms with Crippen molar-refractivity contribution < 1.29 is 9.50 Å². The van der Waals surface area contributed by atoms with Crippen LogP contribution in [0.25, 0.3) is 0 Å². The number of likely N-dealkylation sites (tertiary alicyclic amines) is 1. The van der Waals surface area contributed by atoms with Crippen LogP contribution >= 0.6 is 0 Å². The summed E-state index contributed by atoms with van der Waals surface area (Å²) in [5.41, 5.74) is 0.731. The first-order valence-electron chi connectivity index (χ1n) is 9.37. The van der Waals surface area contributed by atoms with E-state index in [-0.39, 0.29) is 5.75 Å². The molecule has 1 aliphatic rings. The van der Waals surface area contributed by atoms with Gasteiger partial charge in [-0.05, 0) is 50.4 Å². The molecule has 1 unspecified atom stereocenters. The van der Waals surface area contributed by atoms with Gasteiger partial charge in [0.1, 0.15) is 0 Å². The zero-order chi connectivity index (χ0) is 18.1. The van der Waals surface area contributed by atoms with Crippen LogP contribution in [0.15, 0.2) is 23.2 Å². The number of aliphatic imine (C=N–C) groups is 1. The SMILES string of the molecule is CCNC(=NCc1ccc(O)c(F)c1)NCCN1CCCCC1CC. The first-order chi connectivity index (χ1) is 12.1. The van der Waals surface area contributed by atoms with E-state index in [2.05, 4.69) is 27.4 Å². The van der Waals surface area contributed by atoms with E-state index in [0.29, 0.717) is 12.6 Å². The molecule has 0 saturated carbocycles. The Morgan fingerprint density at radius 2 is 2.16 bits per heavy atom. The number of guanidine groups is 1. The molecule has 6 heteroatoms. The molecule has 5 nitrogen and oxygen atoms in total. The summed E-state index contributed by atoms with van der Waals surface area (Å²) in [6.07, 6.45) is 5.14. The molecule has 3 N–H and O–H groups in total. The first-order valence-corrected chi connectivity index (χ1v) is 9.37. The Balaban J connectivity index is 1.85. The Hall–Kier alpha value is -1.82. The molecular formula is C19H31FN4O. The van der Waals surface area contributed by atoms with Crippen LogP contribution in [0.3, 0.4) is 0 Å². The molecular weight excluding hydrogens is 319 g/mol. The number of halogens is 1. The predicted molar refractivity (Wildman–Crippen MR) is 100 cm³/mol. The van der Waals surface area contributed by atoms with Crippen molar-refractivity contribution in [1.29, 1.82) is 0 Å². The van der Waals surface area contributed by atoms with Gasteiger partial charge in [-0.15, -0.1) is 0 Å². The topological polar surface area (TPSA) is 59.9 Å². The molecule has 2 rings (SSSR count). The molecule has 1 aromatic carbocycles. The number of nitrogens with one attached hydrogen (secondary N) is 2. The maximum absolute atomic E-state index is 13.4. The third kappa shape index (κ3) is 6.20. The van der Waals surface area contributed by atoms with Crippen LogP contribution < -0.4 is 10.6 Å². The summed E-state index contributed by atoms with van der Waals surface area (Å²) in [6.45, 7) is 8.46. The van der Waals surface area contributed by atoms with E-state index < -0.39 is 5.82 Å². The van der Waals surface area contributed by atoms with Gasteiger partial charge in [-0.25, -0.2) is 9.38 Å². The summed E-state index contributed by atoms with van der Waals surface area (Å²) in [7, 11) is 0. The standard InChI is InChI=1S/C19H31FN4O/c1-3-16-7-5-6-11-24(16)12-10-22-19(21-4-2)23-14-15-8-9-18(25)17(20)13-15/h8-9,13,16,25H,3-7,10-12,14H2,1-2H3,(H2,21,22,23). The van der Waals surface area contributed by atoms with Gasteiger partial charge in [0.15, 0.2) is 17.5 Å². The maximum atomic E-state index is 13.4. The van der Waals surface area contributed by atoms with Crippen LogP contribution in [0.2, 0.25) is 0 Å². The fourth-order valence-corrected chi connectivity index (χ4v) is 3.30. The Bertz CT molecular complexity index is 564. The largest absolute Gasteiger partial charge is 0.505 e. The van der Waals surface area contributed by atoms with E-state index in [1.54, 1.807) is 6.07 Å². The molecule has 1 fully saturated rings. The molecule has 0 amide bonds. The van der Waals surface area contributed by atoms with E-state index >= 15 is 0 Å². The van der Waals surface area contributed by atoms with Crippen molar-refractivity contribution in [2.45, 2.75) is 52.1 Å². The number of rotatable bonds is 7. The third-order valence-electron chi connectivity index (χ3n) is 4.69. The highest BCUT2D eigenvalue weighted by Gasteiger charge is 2.19. The van der Waals surface area contributed by atoms with Crippen LogP contribution in [0, 0.1) is 5.82 Å². The quantitative estimate of drug-likeness (QED) is 0.523. The highest BCUT2D eigenvalue weighted by atomic mass is 19.1. The molecule has 0 bridgehead atoms. The van der Waals surface area contributed by atoms with E-state index in [0.717, 1.165) is 31.2 Å². The molecule has 0 spiro atoms. The van der Waals surface area contributed by atoms with Gasteiger partial charge in [-0.3, -0.25) is 4.90 Å². The van der Waals surface area contributed by atoms with Crippen LogP contribution in [0.4, 0.5) is 4.39 Å². The van der Waals surface area contributed by atoms with Crippen molar-refractivity contribution in [1.82, 2.24) is 15.5 Å². The van der Waals surface area contributed by atoms with E-state index in [1.807, 2.05) is 6.92 Å². The molecule has 0 radical (unpaired) electrons. The number of phenolic OH excluding ortho intramolecular Hbond substituents is 1. The smallest absolute Gasteiger partial charge is 0.191 e. The second-order valence-electron chi connectivity index (χ2n) is 6.50. The molecule has 25 heavy (non-hydrogen) atoms. The number of phenols is 1. The van der Waals surface area contributed by atoms with E-state index in [1.165, 1.54) is 44.4 Å². The monoisotopic (exact) mass is 350 g/mol. The average Bonchev–Trinajstić information content (AvgIpc) is 2.63. The van der Waals surface area contributed by atoms with Crippen LogP contribution in [-0.4, -0.2) is 48.2 Å². The normalized spacial score (nSPS) is 19.0. The van der Waals surface area contributed by atoms with Gasteiger partial charge in [0.2, 0.25) is 0 Å². The summed E-state index contributed by atoms with van der Waals surface area (Å²) in [5, 5.41) is 15.8. The minimum absolute atomic E-state index is 0.329. The van der Waals surface area contributed by atoms with Crippen LogP contribution in [0.5, 0.6) is 5.75 Å². The van der Waals surface area contributed by atoms with Crippen molar-refractivity contribution in [2.24, 2.45) is 4.99 Å². The highest BCUT2D eigenvalue weighted by Crippen LogP contribution is 2.18. The highest BCUT2D eigenvalue weighted by molar-refractivity contribution is 5.79. The van der Waals surface area contributed by atoms with Crippen molar-refractivity contribution >= 4 is 5.96 Å². The van der Waals surface area contributed by atoms with Crippen molar-refractivity contribution in [3.05, 3.63) is 29.6 Å². The molecule has 1 atom stereocenters. The molecule has 1 saturated heterocycles. The number of nitrogens with zero attached hydrogens (tertiary/aromatic N) is 2. The number of hydrogen-bond acceptors (Lipinski definition) is 3. The zero-order valence-corrected chi connectivity index (χ0v) is 15.4. The minimum Gasteiger partial charge on any atom is -0.505 e. The number of benzene rings is 1. The summed E-state index contributed by atoms with van der Waals surface area (Å²) in [6, 6.07) is 5.07. The molecule has 1 heterocycles. The predicted octanol–water partition coefficient (Wildman–Crippen LogP) is 2.85. The second-order valence-corrected chi connectivity index (χ2v) is 6.50. The van der Waals surface area contributed by atoms with Gasteiger partial charge in [-0.1, -0.05) is 19.4 Å². The molecule has 0 aliphatic carbocycles. The Morgan fingerprint density at radius 3 is 2.88 bits per heavy atom. The fourth-order valence-electron chi connectivity index (χ4n) is 3.30. The van der Waals surface area contributed by atoms with Crippen LogP contribution in [0.1, 0.15) is 45.1 Å². The summed E-state index contributed by atoms with van der Waals surface area (Å²) >= 11 is 0. The van der Waals surface area contributed by atoms with Gasteiger partial charge < -0.3 is 15.7 Å². The Morgan fingerprint density at radius 1 is 1.32 bits per heavy atom. The summed E-state index contributed by atoms with van der Waals surface area (Å²) < 4.78 is 13.4. The molecule has 1 aliphatic heterocycles. The molecule has 1 aromatic rings. The van der Waals surface area contributed by atoms with Gasteiger partial charge >= 0.3 is 0 Å². The third-order valence-corrected chi connectivity index (χ3v) is 4.69. The van der Waals surface area contributed by atoms with Gasteiger partial charge in [0.05, 0.1) is 6.54 Å². The van der Waals surface area contributed by atoms with Crippen molar-refractivity contribution in [2.75, 3.05) is 26.2 Å². The lowest BCUT2D eigenvalue weighted by molar-refractivity contribution is 0.147. The molecule has 0 aromatic heterocycles. The van der Waals surface area contributed by atoms with Gasteiger partial charge in [0.25, 0.3) is 0 Å². The first kappa shape index (κ1) is 19.5. The van der Waals surface area contributed by atoms with Crippen molar-refractivity contribution in [3.63, 3.8) is 0 Å². The lowest BCUT2D eigenvalue weighted by atomic mass is 10.0. The zero-order valence-electron chi connectivity index (χ0n) is 15.4. The lowest BCUT2D eigenvalue weighted by Crippen LogP contribution is -2.45. The van der Waals surface area contributed by atoms with Gasteiger partial charge in [0, 0.05) is 25.7 Å². The lowest BCUT2D eigenvalue weighted by Gasteiger charge is -2.35. The molecule has 140 valence electrons. The van der Waals surface area contributed by atoms with E-state index in [4.69, 9.17) is 0 Å². The fraction of sp³-hybridized carbons (Fsp3) is 0.632. The summed E-state index contributed by atoms with van der Waals surface area (Å²) in [4.78, 5) is 7.07.